The average Bonchev–Trinajstić information content (AvgIpc) is 3.14. The molecule has 0 aliphatic rings. The second-order valence-corrected chi connectivity index (χ2v) is 5.71. The molecule has 1 N–H and O–H groups in total. The first-order chi connectivity index (χ1) is 13.1. The van der Waals surface area contributed by atoms with Crippen molar-refractivity contribution in [3.05, 3.63) is 47.5 Å². The lowest BCUT2D eigenvalue weighted by Gasteiger charge is -2.09. The van der Waals surface area contributed by atoms with E-state index in [9.17, 15) is 4.79 Å². The fourth-order valence-corrected chi connectivity index (χ4v) is 2.51. The van der Waals surface area contributed by atoms with Crippen LogP contribution in [0.3, 0.4) is 0 Å². The van der Waals surface area contributed by atoms with Crippen molar-refractivity contribution in [1.29, 1.82) is 0 Å². The topological polar surface area (TPSA) is 95.7 Å². The maximum Gasteiger partial charge on any atom is 0.263 e. The molecule has 8 nitrogen and oxygen atoms in total. The average molecular weight is 390 g/mol. The normalized spacial score (nSPS) is 10.3. The molecule has 0 atom stereocenters. The third-order valence-electron chi connectivity index (χ3n) is 3.60. The van der Waals surface area contributed by atoms with Crippen molar-refractivity contribution in [3.63, 3.8) is 0 Å². The van der Waals surface area contributed by atoms with E-state index in [1.54, 1.807) is 49.6 Å². The molecule has 3 aromatic rings. The largest absolute Gasteiger partial charge is 0.493 e. The summed E-state index contributed by atoms with van der Waals surface area (Å²) in [5.74, 6) is 1.21. The van der Waals surface area contributed by atoms with Crippen LogP contribution in [0.15, 0.2) is 47.1 Å². The Balaban J connectivity index is 1.72. The number of methoxy groups -OCH3 is 2. The van der Waals surface area contributed by atoms with Gasteiger partial charge < -0.3 is 19.5 Å². The van der Waals surface area contributed by atoms with Gasteiger partial charge in [-0.15, -0.1) is 0 Å². The zero-order chi connectivity index (χ0) is 19.2. The van der Waals surface area contributed by atoms with E-state index in [2.05, 4.69) is 15.6 Å². The van der Waals surface area contributed by atoms with Gasteiger partial charge in [-0.05, 0) is 40.6 Å². The van der Waals surface area contributed by atoms with Gasteiger partial charge in [0.25, 0.3) is 5.91 Å². The van der Waals surface area contributed by atoms with E-state index in [0.29, 0.717) is 33.5 Å². The molecule has 0 aliphatic carbocycles. The molecule has 0 unspecified atom stereocenters. The van der Waals surface area contributed by atoms with E-state index < -0.39 is 5.91 Å². The van der Waals surface area contributed by atoms with E-state index in [0.717, 1.165) is 0 Å². The van der Waals surface area contributed by atoms with Gasteiger partial charge in [-0.3, -0.25) is 4.79 Å². The summed E-state index contributed by atoms with van der Waals surface area (Å²) >= 11 is 5.99. The van der Waals surface area contributed by atoms with Crippen LogP contribution >= 0.6 is 11.6 Å². The van der Waals surface area contributed by atoms with Gasteiger partial charge in [0.2, 0.25) is 5.82 Å². The number of nitrogens with one attached hydrogen (secondary N) is 1. The molecule has 0 radical (unpaired) electrons. The summed E-state index contributed by atoms with van der Waals surface area (Å²) in [7, 11) is 3.07. The van der Waals surface area contributed by atoms with E-state index in [1.165, 1.54) is 7.11 Å². The summed E-state index contributed by atoms with van der Waals surface area (Å²) in [6, 6.07) is 12.0. The van der Waals surface area contributed by atoms with Crippen molar-refractivity contribution in [1.82, 2.24) is 10.3 Å². The Morgan fingerprint density at radius 3 is 2.59 bits per heavy atom. The van der Waals surface area contributed by atoms with Crippen molar-refractivity contribution in [3.8, 4) is 28.5 Å². The molecule has 0 aliphatic heterocycles. The highest BCUT2D eigenvalue weighted by Crippen LogP contribution is 2.33. The third kappa shape index (κ3) is 4.29. The number of benzene rings is 2. The van der Waals surface area contributed by atoms with Crippen LogP contribution in [0.25, 0.3) is 11.3 Å². The number of anilines is 1. The number of carbonyl (C=O) groups is 1. The van der Waals surface area contributed by atoms with Crippen molar-refractivity contribution >= 4 is 23.3 Å². The first kappa shape index (κ1) is 18.5. The minimum atomic E-state index is -0.438. The second kappa shape index (κ2) is 8.41. The van der Waals surface area contributed by atoms with Gasteiger partial charge in [0.15, 0.2) is 23.8 Å². The van der Waals surface area contributed by atoms with Crippen molar-refractivity contribution < 1.29 is 23.6 Å². The lowest BCUT2D eigenvalue weighted by Crippen LogP contribution is -2.20. The van der Waals surface area contributed by atoms with Crippen LogP contribution in [0.2, 0.25) is 5.02 Å². The van der Waals surface area contributed by atoms with Crippen LogP contribution in [0.5, 0.6) is 17.2 Å². The van der Waals surface area contributed by atoms with Gasteiger partial charge >= 0.3 is 0 Å². The molecule has 1 amide bonds. The molecule has 1 heterocycles. The third-order valence-corrected chi connectivity index (χ3v) is 3.91. The maximum absolute atomic E-state index is 12.2. The molecule has 2 aromatic carbocycles. The van der Waals surface area contributed by atoms with Gasteiger partial charge in [-0.2, -0.15) is 0 Å². The summed E-state index contributed by atoms with van der Waals surface area (Å²) in [6.07, 6.45) is 0. The van der Waals surface area contributed by atoms with Gasteiger partial charge in [-0.25, -0.2) is 4.63 Å². The van der Waals surface area contributed by atoms with E-state index in [-0.39, 0.29) is 12.4 Å². The molecule has 3 rings (SSSR count). The monoisotopic (exact) mass is 389 g/mol. The van der Waals surface area contributed by atoms with Gasteiger partial charge in [-0.1, -0.05) is 23.7 Å². The molecule has 0 saturated carbocycles. The molecule has 27 heavy (non-hydrogen) atoms. The zero-order valence-corrected chi connectivity index (χ0v) is 15.3. The van der Waals surface area contributed by atoms with Crippen LogP contribution in [0.1, 0.15) is 0 Å². The Morgan fingerprint density at radius 2 is 1.85 bits per heavy atom. The molecule has 140 valence electrons. The zero-order valence-electron chi connectivity index (χ0n) is 14.6. The van der Waals surface area contributed by atoms with Crippen molar-refractivity contribution in [2.45, 2.75) is 0 Å². The van der Waals surface area contributed by atoms with Gasteiger partial charge in [0.1, 0.15) is 5.75 Å². The molecule has 0 saturated heterocycles. The standard InChI is InChI=1S/C18H16ClN3O5/c1-24-14-8-7-11(9-15(14)25-2)17-18(22-27-21-17)20-16(23)10-26-13-6-4-3-5-12(13)19/h3-9H,10H2,1-2H3,(H,20,22,23). The van der Waals surface area contributed by atoms with Crippen molar-refractivity contribution in [2.75, 3.05) is 26.1 Å². The summed E-state index contributed by atoms with van der Waals surface area (Å²) in [4.78, 5) is 12.2. The van der Waals surface area contributed by atoms with E-state index in [1.807, 2.05) is 0 Å². The molecule has 9 heteroatoms. The Hall–Kier alpha value is -3.26. The van der Waals surface area contributed by atoms with Crippen LogP contribution in [-0.4, -0.2) is 37.0 Å². The number of halogens is 1. The molecule has 1 aromatic heterocycles. The van der Waals surface area contributed by atoms with Crippen LogP contribution < -0.4 is 19.5 Å². The number of ether oxygens (including phenoxy) is 3. The fourth-order valence-electron chi connectivity index (χ4n) is 2.32. The minimum absolute atomic E-state index is 0.162. The molecule has 0 spiro atoms. The Morgan fingerprint density at radius 1 is 1.07 bits per heavy atom. The Bertz CT molecular complexity index is 944. The number of hydrogen-bond donors (Lipinski definition) is 1. The number of hydrogen-bond acceptors (Lipinski definition) is 7. The van der Waals surface area contributed by atoms with Crippen LogP contribution in [0, 0.1) is 0 Å². The Kier molecular flexibility index (Phi) is 5.77. The van der Waals surface area contributed by atoms with Gasteiger partial charge in [0, 0.05) is 5.56 Å². The number of carbonyl (C=O) groups excluding carboxylic acids is 1. The second-order valence-electron chi connectivity index (χ2n) is 5.30. The summed E-state index contributed by atoms with van der Waals surface area (Å²) < 4.78 is 20.6. The lowest BCUT2D eigenvalue weighted by molar-refractivity contribution is -0.118. The first-order valence-corrected chi connectivity index (χ1v) is 8.22. The lowest BCUT2D eigenvalue weighted by atomic mass is 10.1. The highest BCUT2D eigenvalue weighted by Gasteiger charge is 2.17. The predicted molar refractivity (Wildman–Crippen MR) is 98.4 cm³/mol. The van der Waals surface area contributed by atoms with Crippen LogP contribution in [-0.2, 0) is 4.79 Å². The fraction of sp³-hybridized carbons (Fsp3) is 0.167. The highest BCUT2D eigenvalue weighted by atomic mass is 35.5. The molecular formula is C18H16ClN3O5. The number of amides is 1. The summed E-state index contributed by atoms with van der Waals surface area (Å²) in [6.45, 7) is -0.248. The number of nitrogens with zero attached hydrogens (tertiary/aromatic N) is 2. The highest BCUT2D eigenvalue weighted by molar-refractivity contribution is 6.32. The maximum atomic E-state index is 12.2. The quantitative estimate of drug-likeness (QED) is 0.661. The number of rotatable bonds is 7. The number of aromatic nitrogens is 2. The molecular weight excluding hydrogens is 374 g/mol. The summed E-state index contributed by atoms with van der Waals surface area (Å²) in [5.41, 5.74) is 0.985. The van der Waals surface area contributed by atoms with Crippen molar-refractivity contribution in [2.24, 2.45) is 0 Å². The SMILES string of the molecule is COc1ccc(-c2nonc2NC(=O)COc2ccccc2Cl)cc1OC. The first-order valence-electron chi connectivity index (χ1n) is 7.84. The van der Waals surface area contributed by atoms with Crippen LogP contribution in [0.4, 0.5) is 5.82 Å². The number of para-hydroxylation sites is 1. The smallest absolute Gasteiger partial charge is 0.263 e. The van der Waals surface area contributed by atoms with E-state index >= 15 is 0 Å². The van der Waals surface area contributed by atoms with Gasteiger partial charge in [0.05, 0.1) is 19.2 Å². The molecule has 0 fully saturated rings. The van der Waals surface area contributed by atoms with E-state index in [4.69, 9.17) is 30.4 Å². The molecule has 0 bridgehead atoms. The Labute approximate surface area is 159 Å². The predicted octanol–water partition coefficient (Wildman–Crippen LogP) is 3.42. The summed E-state index contributed by atoms with van der Waals surface area (Å²) in [5, 5.41) is 10.6. The minimum Gasteiger partial charge on any atom is -0.493 e.